The van der Waals surface area contributed by atoms with Gasteiger partial charge in [0, 0.05) is 12.8 Å². The highest BCUT2D eigenvalue weighted by atomic mass is 32.2. The molecule has 0 saturated carbocycles. The van der Waals surface area contributed by atoms with Gasteiger partial charge in [-0.25, -0.2) is 8.42 Å². The molecule has 1 fully saturated rings. The number of sulfone groups is 1. The van der Waals surface area contributed by atoms with E-state index in [1.807, 2.05) is 6.92 Å². The molecule has 1 heterocycles. The van der Waals surface area contributed by atoms with Crippen molar-refractivity contribution in [3.05, 3.63) is 0 Å². The van der Waals surface area contributed by atoms with Gasteiger partial charge in [-0.3, -0.25) is 10.1 Å². The highest BCUT2D eigenvalue weighted by Gasteiger charge is 2.37. The maximum absolute atomic E-state index is 12.3. The van der Waals surface area contributed by atoms with Crippen LogP contribution in [0.15, 0.2) is 0 Å². The van der Waals surface area contributed by atoms with E-state index in [1.165, 1.54) is 6.26 Å². The van der Waals surface area contributed by atoms with E-state index in [1.54, 1.807) is 4.90 Å². The number of rotatable bonds is 7. The lowest BCUT2D eigenvalue weighted by Gasteiger charge is -2.22. The maximum atomic E-state index is 12.3. The van der Waals surface area contributed by atoms with Crippen molar-refractivity contribution < 1.29 is 13.2 Å². The van der Waals surface area contributed by atoms with Gasteiger partial charge in [0.15, 0.2) is 0 Å². The largest absolute Gasteiger partial charge is 0.326 e. The third kappa shape index (κ3) is 5.10. The van der Waals surface area contributed by atoms with Gasteiger partial charge >= 0.3 is 0 Å². The molecule has 0 aromatic heterocycles. The fourth-order valence-corrected chi connectivity index (χ4v) is 3.14. The highest BCUT2D eigenvalue weighted by molar-refractivity contribution is 7.90. The molecule has 1 N–H and O–H groups in total. The summed E-state index contributed by atoms with van der Waals surface area (Å²) >= 11 is 0. The molecular formula is C13H26N2O3S. The van der Waals surface area contributed by atoms with Crippen molar-refractivity contribution >= 4 is 15.7 Å². The second-order valence-electron chi connectivity index (χ2n) is 5.79. The molecule has 1 saturated heterocycles. The van der Waals surface area contributed by atoms with Crippen LogP contribution in [-0.2, 0) is 14.6 Å². The van der Waals surface area contributed by atoms with Crippen LogP contribution in [0, 0.1) is 5.92 Å². The summed E-state index contributed by atoms with van der Waals surface area (Å²) in [5.41, 5.74) is 0. The molecule has 5 nitrogen and oxygen atoms in total. The number of hydrogen-bond acceptors (Lipinski definition) is 4. The molecule has 112 valence electrons. The number of carbonyl (C=O) groups is 1. The van der Waals surface area contributed by atoms with E-state index in [9.17, 15) is 13.2 Å². The molecule has 0 aliphatic carbocycles. The topological polar surface area (TPSA) is 66.5 Å². The predicted molar refractivity (Wildman–Crippen MR) is 76.5 cm³/mol. The third-order valence-corrected chi connectivity index (χ3v) is 4.39. The average Bonchev–Trinajstić information content (AvgIpc) is 2.55. The molecule has 2 atom stereocenters. The van der Waals surface area contributed by atoms with Gasteiger partial charge < -0.3 is 4.90 Å². The van der Waals surface area contributed by atoms with Crippen LogP contribution in [0.3, 0.4) is 0 Å². The van der Waals surface area contributed by atoms with Crippen LogP contribution in [0.1, 0.15) is 40.0 Å². The summed E-state index contributed by atoms with van der Waals surface area (Å²) in [4.78, 5) is 14.1. The van der Waals surface area contributed by atoms with E-state index < -0.39 is 9.84 Å². The Kier molecular flexibility index (Phi) is 5.80. The van der Waals surface area contributed by atoms with E-state index in [0.29, 0.717) is 18.9 Å². The fraction of sp³-hybridized carbons (Fsp3) is 0.923. The van der Waals surface area contributed by atoms with E-state index >= 15 is 0 Å². The van der Waals surface area contributed by atoms with E-state index in [4.69, 9.17) is 0 Å². The molecule has 0 spiro atoms. The lowest BCUT2D eigenvalue weighted by molar-refractivity contribution is -0.130. The molecule has 1 aliphatic heterocycles. The van der Waals surface area contributed by atoms with Crippen LogP contribution in [-0.4, -0.2) is 50.0 Å². The highest BCUT2D eigenvalue weighted by Crippen LogP contribution is 2.19. The Morgan fingerprint density at radius 2 is 2.00 bits per heavy atom. The van der Waals surface area contributed by atoms with Crippen molar-refractivity contribution in [2.24, 2.45) is 5.92 Å². The van der Waals surface area contributed by atoms with Crippen LogP contribution in [0.5, 0.6) is 0 Å². The van der Waals surface area contributed by atoms with Crippen molar-refractivity contribution in [2.75, 3.05) is 18.6 Å². The Morgan fingerprint density at radius 3 is 2.47 bits per heavy atom. The molecule has 6 heteroatoms. The van der Waals surface area contributed by atoms with Gasteiger partial charge in [0.1, 0.15) is 9.84 Å². The number of hydrogen-bond donors (Lipinski definition) is 1. The Labute approximate surface area is 116 Å². The average molecular weight is 290 g/mol. The van der Waals surface area contributed by atoms with Gasteiger partial charge in [0.05, 0.1) is 18.0 Å². The van der Waals surface area contributed by atoms with Gasteiger partial charge in [-0.15, -0.1) is 0 Å². The molecule has 1 rings (SSSR count). The summed E-state index contributed by atoms with van der Waals surface area (Å²) in [7, 11) is -2.95. The smallest absolute Gasteiger partial charge is 0.241 e. The van der Waals surface area contributed by atoms with Crippen LogP contribution in [0.2, 0.25) is 0 Å². The van der Waals surface area contributed by atoms with Gasteiger partial charge in [-0.05, 0) is 25.2 Å². The SMILES string of the molecule is CCC1NC(CC(C)C)C(=O)N1CCCS(C)(=O)=O. The number of nitrogens with zero attached hydrogens (tertiary/aromatic N) is 1. The Morgan fingerprint density at radius 1 is 1.37 bits per heavy atom. The van der Waals surface area contributed by atoms with Gasteiger partial charge in [-0.2, -0.15) is 0 Å². The fourth-order valence-electron chi connectivity index (χ4n) is 2.49. The van der Waals surface area contributed by atoms with Crippen molar-refractivity contribution in [2.45, 2.75) is 52.2 Å². The summed E-state index contributed by atoms with van der Waals surface area (Å²) in [6.45, 7) is 6.75. The van der Waals surface area contributed by atoms with Crippen molar-refractivity contribution in [1.29, 1.82) is 0 Å². The van der Waals surface area contributed by atoms with Crippen LogP contribution >= 0.6 is 0 Å². The Hall–Kier alpha value is -0.620. The molecule has 1 amide bonds. The lowest BCUT2D eigenvalue weighted by Crippen LogP contribution is -2.38. The minimum absolute atomic E-state index is 0.0517. The quantitative estimate of drug-likeness (QED) is 0.760. The van der Waals surface area contributed by atoms with Gasteiger partial charge in [-0.1, -0.05) is 20.8 Å². The first kappa shape index (κ1) is 16.4. The number of carbonyl (C=O) groups excluding carboxylic acids is 1. The second kappa shape index (κ2) is 6.70. The third-order valence-electron chi connectivity index (χ3n) is 3.36. The number of nitrogens with one attached hydrogen (secondary N) is 1. The first-order valence-electron chi connectivity index (χ1n) is 6.98. The summed E-state index contributed by atoms with van der Waals surface area (Å²) in [6, 6.07) is -0.108. The normalized spacial score (nSPS) is 24.5. The molecule has 0 bridgehead atoms. The van der Waals surface area contributed by atoms with E-state index in [0.717, 1.165) is 12.8 Å². The molecular weight excluding hydrogens is 264 g/mol. The van der Waals surface area contributed by atoms with Crippen molar-refractivity contribution in [3.63, 3.8) is 0 Å². The Balaban J connectivity index is 2.57. The molecule has 0 aromatic carbocycles. The van der Waals surface area contributed by atoms with Crippen LogP contribution in [0.4, 0.5) is 0 Å². The monoisotopic (exact) mass is 290 g/mol. The lowest BCUT2D eigenvalue weighted by atomic mass is 10.0. The van der Waals surface area contributed by atoms with E-state index in [-0.39, 0.29) is 23.9 Å². The number of amides is 1. The predicted octanol–water partition coefficient (Wildman–Crippen LogP) is 1.00. The summed E-state index contributed by atoms with van der Waals surface area (Å²) < 4.78 is 22.3. The second-order valence-corrected chi connectivity index (χ2v) is 8.05. The zero-order chi connectivity index (χ0) is 14.6. The molecule has 0 radical (unpaired) electrons. The Bertz CT molecular complexity index is 406. The molecule has 1 aliphatic rings. The zero-order valence-corrected chi connectivity index (χ0v) is 13.2. The van der Waals surface area contributed by atoms with Crippen LogP contribution < -0.4 is 5.32 Å². The molecule has 0 aromatic rings. The minimum atomic E-state index is -2.95. The standard InChI is InChI=1S/C13H26N2O3S/c1-5-12-14-11(9-10(2)3)13(16)15(12)7-6-8-19(4,17)18/h10-12,14H,5-9H2,1-4H3. The van der Waals surface area contributed by atoms with Gasteiger partial charge in [0.2, 0.25) is 5.91 Å². The first-order chi connectivity index (χ1) is 8.74. The van der Waals surface area contributed by atoms with Crippen LogP contribution in [0.25, 0.3) is 0 Å². The zero-order valence-electron chi connectivity index (χ0n) is 12.3. The van der Waals surface area contributed by atoms with E-state index in [2.05, 4.69) is 19.2 Å². The summed E-state index contributed by atoms with van der Waals surface area (Å²) in [6.07, 6.45) is 3.47. The van der Waals surface area contributed by atoms with Crippen molar-refractivity contribution in [3.8, 4) is 0 Å². The summed E-state index contributed by atoms with van der Waals surface area (Å²) in [5.74, 6) is 0.728. The molecule has 19 heavy (non-hydrogen) atoms. The molecule has 2 unspecified atom stereocenters. The van der Waals surface area contributed by atoms with Gasteiger partial charge in [0.25, 0.3) is 0 Å². The summed E-state index contributed by atoms with van der Waals surface area (Å²) in [5, 5.41) is 3.35. The van der Waals surface area contributed by atoms with Crippen molar-refractivity contribution in [1.82, 2.24) is 10.2 Å². The minimum Gasteiger partial charge on any atom is -0.326 e. The maximum Gasteiger partial charge on any atom is 0.241 e. The first-order valence-corrected chi connectivity index (χ1v) is 9.05.